The SMILES string of the molecule is N/C=C1/COc2ccccc21. The van der Waals surface area contributed by atoms with Crippen LogP contribution in [0.4, 0.5) is 0 Å². The van der Waals surface area contributed by atoms with Gasteiger partial charge in [-0.3, -0.25) is 0 Å². The predicted octanol–water partition coefficient (Wildman–Crippen LogP) is 1.38. The lowest BCUT2D eigenvalue weighted by Crippen LogP contribution is -1.90. The first-order chi connectivity index (χ1) is 5.42. The van der Waals surface area contributed by atoms with Crippen LogP contribution in [0.1, 0.15) is 5.56 Å². The number of hydrogen-bond acceptors (Lipinski definition) is 2. The molecule has 0 aliphatic carbocycles. The quantitative estimate of drug-likeness (QED) is 0.601. The van der Waals surface area contributed by atoms with Gasteiger partial charge in [0.25, 0.3) is 0 Å². The van der Waals surface area contributed by atoms with E-state index >= 15 is 0 Å². The van der Waals surface area contributed by atoms with Gasteiger partial charge in [-0.05, 0) is 6.07 Å². The van der Waals surface area contributed by atoms with Gasteiger partial charge in [0.2, 0.25) is 0 Å². The fraction of sp³-hybridized carbons (Fsp3) is 0.111. The number of hydrogen-bond donors (Lipinski definition) is 1. The molecule has 56 valence electrons. The van der Waals surface area contributed by atoms with E-state index < -0.39 is 0 Å². The molecule has 1 aliphatic rings. The fourth-order valence-electron chi connectivity index (χ4n) is 1.23. The number of ether oxygens (including phenoxy) is 1. The van der Waals surface area contributed by atoms with E-state index in [1.165, 1.54) is 0 Å². The summed E-state index contributed by atoms with van der Waals surface area (Å²) >= 11 is 0. The van der Waals surface area contributed by atoms with Crippen LogP contribution in [0.5, 0.6) is 5.75 Å². The molecular formula is C9H9NO. The second-order valence-electron chi connectivity index (χ2n) is 2.48. The highest BCUT2D eigenvalue weighted by Gasteiger charge is 2.15. The van der Waals surface area contributed by atoms with E-state index in [4.69, 9.17) is 10.5 Å². The van der Waals surface area contributed by atoms with E-state index in [1.54, 1.807) is 6.20 Å². The molecule has 2 heteroatoms. The molecule has 0 aromatic heterocycles. The molecule has 1 heterocycles. The molecule has 1 aliphatic heterocycles. The third-order valence-corrected chi connectivity index (χ3v) is 1.82. The molecule has 0 bridgehead atoms. The normalized spacial score (nSPS) is 18.0. The summed E-state index contributed by atoms with van der Waals surface area (Å²) in [5, 5.41) is 0. The van der Waals surface area contributed by atoms with Crippen molar-refractivity contribution in [1.29, 1.82) is 0 Å². The second kappa shape index (κ2) is 2.31. The van der Waals surface area contributed by atoms with Crippen LogP contribution >= 0.6 is 0 Å². The van der Waals surface area contributed by atoms with Gasteiger partial charge in [-0.2, -0.15) is 0 Å². The van der Waals surface area contributed by atoms with Crippen LogP contribution in [0.15, 0.2) is 30.5 Å². The number of para-hydroxylation sites is 1. The van der Waals surface area contributed by atoms with Gasteiger partial charge in [-0.1, -0.05) is 18.2 Å². The first kappa shape index (κ1) is 6.28. The maximum Gasteiger partial charge on any atom is 0.127 e. The van der Waals surface area contributed by atoms with Crippen molar-refractivity contribution in [3.63, 3.8) is 0 Å². The zero-order valence-electron chi connectivity index (χ0n) is 6.08. The van der Waals surface area contributed by atoms with Crippen molar-refractivity contribution in [3.8, 4) is 5.75 Å². The topological polar surface area (TPSA) is 35.2 Å². The van der Waals surface area contributed by atoms with Crippen LogP contribution in [0.3, 0.4) is 0 Å². The Morgan fingerprint density at radius 3 is 3.00 bits per heavy atom. The summed E-state index contributed by atoms with van der Waals surface area (Å²) in [4.78, 5) is 0. The van der Waals surface area contributed by atoms with E-state index in [1.807, 2.05) is 24.3 Å². The van der Waals surface area contributed by atoms with E-state index in [9.17, 15) is 0 Å². The van der Waals surface area contributed by atoms with Gasteiger partial charge in [-0.25, -0.2) is 0 Å². The van der Waals surface area contributed by atoms with Crippen LogP contribution in [0.2, 0.25) is 0 Å². The molecule has 1 aromatic rings. The van der Waals surface area contributed by atoms with Gasteiger partial charge in [0, 0.05) is 17.3 Å². The minimum atomic E-state index is 0.607. The zero-order chi connectivity index (χ0) is 7.68. The van der Waals surface area contributed by atoms with Crippen LogP contribution in [-0.4, -0.2) is 6.61 Å². The van der Waals surface area contributed by atoms with E-state index in [0.29, 0.717) is 6.61 Å². The van der Waals surface area contributed by atoms with Gasteiger partial charge in [-0.15, -0.1) is 0 Å². The molecule has 2 nitrogen and oxygen atoms in total. The zero-order valence-corrected chi connectivity index (χ0v) is 6.08. The second-order valence-corrected chi connectivity index (χ2v) is 2.48. The first-order valence-corrected chi connectivity index (χ1v) is 3.55. The first-order valence-electron chi connectivity index (χ1n) is 3.55. The van der Waals surface area contributed by atoms with Crippen LogP contribution in [-0.2, 0) is 0 Å². The highest BCUT2D eigenvalue weighted by molar-refractivity contribution is 5.74. The van der Waals surface area contributed by atoms with Gasteiger partial charge < -0.3 is 10.5 Å². The Morgan fingerprint density at radius 2 is 2.18 bits per heavy atom. The minimum absolute atomic E-state index is 0.607. The summed E-state index contributed by atoms with van der Waals surface area (Å²) in [5.41, 5.74) is 7.60. The van der Waals surface area contributed by atoms with Crippen LogP contribution < -0.4 is 10.5 Å². The summed E-state index contributed by atoms with van der Waals surface area (Å²) in [6.45, 7) is 0.607. The summed E-state index contributed by atoms with van der Waals surface area (Å²) in [6.07, 6.45) is 1.60. The van der Waals surface area contributed by atoms with Crippen molar-refractivity contribution in [1.82, 2.24) is 0 Å². The molecule has 0 radical (unpaired) electrons. The Bertz CT molecular complexity index is 304. The van der Waals surface area contributed by atoms with Gasteiger partial charge >= 0.3 is 0 Å². The van der Waals surface area contributed by atoms with Gasteiger partial charge in [0.05, 0.1) is 0 Å². The maximum absolute atomic E-state index is 5.41. The highest BCUT2D eigenvalue weighted by atomic mass is 16.5. The molecule has 2 rings (SSSR count). The number of benzene rings is 1. The monoisotopic (exact) mass is 147 g/mol. The minimum Gasteiger partial charge on any atom is -0.488 e. The molecule has 11 heavy (non-hydrogen) atoms. The Balaban J connectivity index is 2.55. The summed E-state index contributed by atoms with van der Waals surface area (Å²) in [5.74, 6) is 0.934. The summed E-state index contributed by atoms with van der Waals surface area (Å²) in [6, 6.07) is 7.90. The summed E-state index contributed by atoms with van der Waals surface area (Å²) < 4.78 is 5.35. The van der Waals surface area contributed by atoms with Crippen molar-refractivity contribution in [2.75, 3.05) is 6.61 Å². The Morgan fingerprint density at radius 1 is 1.36 bits per heavy atom. The number of rotatable bonds is 0. The van der Waals surface area contributed by atoms with E-state index in [2.05, 4.69) is 0 Å². The molecule has 0 amide bonds. The van der Waals surface area contributed by atoms with Gasteiger partial charge in [0.15, 0.2) is 0 Å². The standard InChI is InChI=1S/C9H9NO/c10-5-7-6-11-9-4-2-1-3-8(7)9/h1-5H,6,10H2/b7-5-. The van der Waals surface area contributed by atoms with Crippen molar-refractivity contribution >= 4 is 5.57 Å². The predicted molar refractivity (Wildman–Crippen MR) is 44.1 cm³/mol. The molecule has 0 spiro atoms. The van der Waals surface area contributed by atoms with Crippen molar-refractivity contribution in [2.45, 2.75) is 0 Å². The van der Waals surface area contributed by atoms with Crippen LogP contribution in [0, 0.1) is 0 Å². The van der Waals surface area contributed by atoms with Crippen molar-refractivity contribution in [3.05, 3.63) is 36.0 Å². The molecule has 1 aromatic carbocycles. The molecule has 2 N–H and O–H groups in total. The van der Waals surface area contributed by atoms with Crippen molar-refractivity contribution in [2.24, 2.45) is 5.73 Å². The van der Waals surface area contributed by atoms with Gasteiger partial charge in [0.1, 0.15) is 12.4 Å². The molecule has 0 saturated heterocycles. The molecular weight excluding hydrogens is 138 g/mol. The lowest BCUT2D eigenvalue weighted by Gasteiger charge is -1.93. The lowest BCUT2D eigenvalue weighted by atomic mass is 10.1. The Kier molecular flexibility index (Phi) is 1.32. The third kappa shape index (κ3) is 0.871. The largest absolute Gasteiger partial charge is 0.488 e. The summed E-state index contributed by atoms with van der Waals surface area (Å²) in [7, 11) is 0. The lowest BCUT2D eigenvalue weighted by molar-refractivity contribution is 0.388. The van der Waals surface area contributed by atoms with E-state index in [-0.39, 0.29) is 0 Å². The van der Waals surface area contributed by atoms with E-state index in [0.717, 1.165) is 16.9 Å². The van der Waals surface area contributed by atoms with Crippen LogP contribution in [0.25, 0.3) is 5.57 Å². The number of nitrogens with two attached hydrogens (primary N) is 1. The molecule has 0 atom stereocenters. The average molecular weight is 147 g/mol. The van der Waals surface area contributed by atoms with Crippen molar-refractivity contribution < 1.29 is 4.74 Å². The smallest absolute Gasteiger partial charge is 0.127 e. The average Bonchev–Trinajstić information content (AvgIpc) is 2.47. The third-order valence-electron chi connectivity index (χ3n) is 1.82. The molecule has 0 unspecified atom stereocenters. The molecule has 0 saturated carbocycles. The highest BCUT2D eigenvalue weighted by Crippen LogP contribution is 2.31. The fourth-order valence-corrected chi connectivity index (χ4v) is 1.23. The molecule has 0 fully saturated rings. The maximum atomic E-state index is 5.41. The Labute approximate surface area is 65.3 Å². The number of fused-ring (bicyclic) bond motifs is 1. The Hall–Kier alpha value is -1.44.